The van der Waals surface area contributed by atoms with Crippen LogP contribution in [0.25, 0.3) is 11.3 Å². The lowest BCUT2D eigenvalue weighted by Gasteiger charge is -2.06. The van der Waals surface area contributed by atoms with Gasteiger partial charge in [-0.05, 0) is 19.9 Å². The molecule has 0 aliphatic rings. The molecule has 0 unspecified atom stereocenters. The Hall–Kier alpha value is -2.23. The number of rotatable bonds is 4. The number of aryl methyl sites for hydroxylation is 3. The molecule has 0 aliphatic carbocycles. The van der Waals surface area contributed by atoms with Crippen molar-refractivity contribution in [1.29, 1.82) is 0 Å². The molecule has 0 fully saturated rings. The molecule has 0 aliphatic heterocycles. The lowest BCUT2D eigenvalue weighted by Crippen LogP contribution is -2.03. The second kappa shape index (κ2) is 5.61. The van der Waals surface area contributed by atoms with Crippen molar-refractivity contribution in [3.05, 3.63) is 47.4 Å². The average Bonchev–Trinajstić information content (AvgIpc) is 2.36. The SMILES string of the molecule is Cc1ccc(-c2cc(C)nc(CCC(=O)O)n2)cc1. The summed E-state index contributed by atoms with van der Waals surface area (Å²) in [5.41, 5.74) is 3.91. The molecular formula is C15H16N2O2. The van der Waals surface area contributed by atoms with Gasteiger partial charge in [0.25, 0.3) is 0 Å². The normalized spacial score (nSPS) is 10.4. The van der Waals surface area contributed by atoms with Crippen molar-refractivity contribution < 1.29 is 9.90 Å². The zero-order valence-electron chi connectivity index (χ0n) is 11.1. The first-order valence-corrected chi connectivity index (χ1v) is 6.18. The third kappa shape index (κ3) is 3.61. The molecule has 0 amide bonds. The van der Waals surface area contributed by atoms with E-state index in [2.05, 4.69) is 9.97 Å². The van der Waals surface area contributed by atoms with Crippen molar-refractivity contribution in [2.24, 2.45) is 0 Å². The molecule has 2 rings (SSSR count). The highest BCUT2D eigenvalue weighted by molar-refractivity contribution is 5.67. The zero-order valence-corrected chi connectivity index (χ0v) is 11.1. The summed E-state index contributed by atoms with van der Waals surface area (Å²) in [5.74, 6) is -0.250. The maximum Gasteiger partial charge on any atom is 0.303 e. The average molecular weight is 256 g/mol. The molecule has 19 heavy (non-hydrogen) atoms. The number of aromatic nitrogens is 2. The highest BCUT2D eigenvalue weighted by atomic mass is 16.4. The summed E-state index contributed by atoms with van der Waals surface area (Å²) >= 11 is 0. The van der Waals surface area contributed by atoms with E-state index in [9.17, 15) is 4.79 Å². The molecule has 0 atom stereocenters. The molecular weight excluding hydrogens is 240 g/mol. The Labute approximate surface area is 112 Å². The van der Waals surface area contributed by atoms with Crippen LogP contribution in [0.3, 0.4) is 0 Å². The first kappa shape index (κ1) is 13.2. The molecule has 4 heteroatoms. The number of nitrogens with zero attached hydrogens (tertiary/aromatic N) is 2. The van der Waals surface area contributed by atoms with Crippen LogP contribution >= 0.6 is 0 Å². The van der Waals surface area contributed by atoms with Crippen molar-refractivity contribution in [2.45, 2.75) is 26.7 Å². The fourth-order valence-electron chi connectivity index (χ4n) is 1.83. The topological polar surface area (TPSA) is 63.1 Å². The van der Waals surface area contributed by atoms with Crippen molar-refractivity contribution in [2.75, 3.05) is 0 Å². The number of hydrogen-bond acceptors (Lipinski definition) is 3. The van der Waals surface area contributed by atoms with Gasteiger partial charge in [0, 0.05) is 17.7 Å². The van der Waals surface area contributed by atoms with Crippen molar-refractivity contribution >= 4 is 5.97 Å². The van der Waals surface area contributed by atoms with E-state index in [1.807, 2.05) is 44.2 Å². The number of aliphatic carboxylic acids is 1. The number of carboxylic acids is 1. The van der Waals surface area contributed by atoms with Crippen LogP contribution in [0.5, 0.6) is 0 Å². The summed E-state index contributed by atoms with van der Waals surface area (Å²) in [6.07, 6.45) is 0.409. The molecule has 4 nitrogen and oxygen atoms in total. The van der Waals surface area contributed by atoms with Gasteiger partial charge in [-0.1, -0.05) is 29.8 Å². The number of benzene rings is 1. The lowest BCUT2D eigenvalue weighted by atomic mass is 10.1. The smallest absolute Gasteiger partial charge is 0.303 e. The Morgan fingerprint density at radius 1 is 1.16 bits per heavy atom. The van der Waals surface area contributed by atoms with Gasteiger partial charge >= 0.3 is 5.97 Å². The van der Waals surface area contributed by atoms with Crippen LogP contribution in [0, 0.1) is 13.8 Å². The minimum absolute atomic E-state index is 0.0524. The van der Waals surface area contributed by atoms with Crippen LogP contribution < -0.4 is 0 Å². The minimum Gasteiger partial charge on any atom is -0.481 e. The quantitative estimate of drug-likeness (QED) is 0.913. The van der Waals surface area contributed by atoms with E-state index in [1.165, 1.54) is 5.56 Å². The molecule has 1 aromatic carbocycles. The molecule has 0 radical (unpaired) electrons. The van der Waals surface area contributed by atoms with Gasteiger partial charge in [-0.2, -0.15) is 0 Å². The fraction of sp³-hybridized carbons (Fsp3) is 0.267. The zero-order chi connectivity index (χ0) is 13.8. The minimum atomic E-state index is -0.831. The predicted molar refractivity (Wildman–Crippen MR) is 72.9 cm³/mol. The van der Waals surface area contributed by atoms with Crippen LogP contribution in [-0.2, 0) is 11.2 Å². The summed E-state index contributed by atoms with van der Waals surface area (Å²) in [4.78, 5) is 19.3. The van der Waals surface area contributed by atoms with Crippen LogP contribution in [0.2, 0.25) is 0 Å². The molecule has 0 spiro atoms. The van der Waals surface area contributed by atoms with Gasteiger partial charge in [-0.3, -0.25) is 4.79 Å². The van der Waals surface area contributed by atoms with Crippen molar-refractivity contribution in [3.8, 4) is 11.3 Å². The van der Waals surface area contributed by atoms with E-state index in [4.69, 9.17) is 5.11 Å². The molecule has 1 N–H and O–H groups in total. The van der Waals surface area contributed by atoms with Crippen molar-refractivity contribution in [1.82, 2.24) is 9.97 Å². The Morgan fingerprint density at radius 3 is 2.47 bits per heavy atom. The van der Waals surface area contributed by atoms with Gasteiger partial charge < -0.3 is 5.11 Å². The molecule has 0 bridgehead atoms. The maximum atomic E-state index is 10.6. The highest BCUT2D eigenvalue weighted by Crippen LogP contribution is 2.18. The second-order valence-electron chi connectivity index (χ2n) is 4.57. The Kier molecular flexibility index (Phi) is 3.90. The number of carbonyl (C=O) groups is 1. The van der Waals surface area contributed by atoms with E-state index in [1.54, 1.807) is 0 Å². The monoisotopic (exact) mass is 256 g/mol. The molecule has 98 valence electrons. The molecule has 2 aromatic rings. The number of hydrogen-bond donors (Lipinski definition) is 1. The van der Waals surface area contributed by atoms with E-state index >= 15 is 0 Å². The van der Waals surface area contributed by atoms with Crippen LogP contribution in [0.1, 0.15) is 23.5 Å². The van der Waals surface area contributed by atoms with Crippen LogP contribution in [0.4, 0.5) is 0 Å². The van der Waals surface area contributed by atoms with Gasteiger partial charge in [0.15, 0.2) is 0 Å². The van der Waals surface area contributed by atoms with E-state index in [-0.39, 0.29) is 6.42 Å². The van der Waals surface area contributed by atoms with Crippen molar-refractivity contribution in [3.63, 3.8) is 0 Å². The molecule has 1 aromatic heterocycles. The number of carboxylic acid groups (broad SMARTS) is 1. The first-order valence-electron chi connectivity index (χ1n) is 6.18. The predicted octanol–water partition coefficient (Wildman–Crippen LogP) is 2.78. The summed E-state index contributed by atoms with van der Waals surface area (Å²) in [5, 5.41) is 8.71. The molecule has 0 saturated carbocycles. The van der Waals surface area contributed by atoms with Gasteiger partial charge in [0.2, 0.25) is 0 Å². The van der Waals surface area contributed by atoms with Gasteiger partial charge in [-0.25, -0.2) is 9.97 Å². The maximum absolute atomic E-state index is 10.6. The fourth-order valence-corrected chi connectivity index (χ4v) is 1.83. The third-order valence-corrected chi connectivity index (χ3v) is 2.81. The Morgan fingerprint density at radius 2 is 1.84 bits per heavy atom. The highest BCUT2D eigenvalue weighted by Gasteiger charge is 2.06. The van der Waals surface area contributed by atoms with E-state index < -0.39 is 5.97 Å². The molecule has 0 saturated heterocycles. The Bertz CT molecular complexity index is 592. The second-order valence-corrected chi connectivity index (χ2v) is 4.57. The largest absolute Gasteiger partial charge is 0.481 e. The van der Waals surface area contributed by atoms with Crippen LogP contribution in [0.15, 0.2) is 30.3 Å². The summed E-state index contributed by atoms with van der Waals surface area (Å²) in [6.45, 7) is 3.93. The molecule has 1 heterocycles. The van der Waals surface area contributed by atoms with Crippen LogP contribution in [-0.4, -0.2) is 21.0 Å². The Balaban J connectivity index is 2.30. The van der Waals surface area contributed by atoms with E-state index in [0.717, 1.165) is 17.0 Å². The summed E-state index contributed by atoms with van der Waals surface area (Å²) in [6, 6.07) is 10.00. The van der Waals surface area contributed by atoms with Gasteiger partial charge in [0.05, 0.1) is 12.1 Å². The first-order chi connectivity index (χ1) is 9.04. The van der Waals surface area contributed by atoms with Gasteiger partial charge in [-0.15, -0.1) is 0 Å². The van der Waals surface area contributed by atoms with Gasteiger partial charge in [0.1, 0.15) is 5.82 Å². The standard InChI is InChI=1S/C15H16N2O2/c1-10-3-5-12(6-4-10)13-9-11(2)16-14(17-13)7-8-15(18)19/h3-6,9H,7-8H2,1-2H3,(H,18,19). The summed E-state index contributed by atoms with van der Waals surface area (Å²) < 4.78 is 0. The van der Waals surface area contributed by atoms with E-state index in [0.29, 0.717) is 12.2 Å². The lowest BCUT2D eigenvalue weighted by molar-refractivity contribution is -0.137. The third-order valence-electron chi connectivity index (χ3n) is 2.81. The summed E-state index contributed by atoms with van der Waals surface area (Å²) in [7, 11) is 0.